The summed E-state index contributed by atoms with van der Waals surface area (Å²) < 4.78 is 0. The van der Waals surface area contributed by atoms with E-state index in [1.165, 1.54) is 0 Å². The third-order valence-corrected chi connectivity index (χ3v) is 3.91. The van der Waals surface area contributed by atoms with Gasteiger partial charge in [-0.2, -0.15) is 0 Å². The van der Waals surface area contributed by atoms with Crippen molar-refractivity contribution in [3.63, 3.8) is 0 Å². The number of thiophene rings is 1. The summed E-state index contributed by atoms with van der Waals surface area (Å²) in [5.41, 5.74) is 8.05. The highest BCUT2D eigenvalue weighted by Crippen LogP contribution is 2.16. The van der Waals surface area contributed by atoms with Crippen LogP contribution in [0.5, 0.6) is 0 Å². The Morgan fingerprint density at radius 3 is 2.50 bits per heavy atom. The maximum Gasteiger partial charge on any atom is 0.244 e. The van der Waals surface area contributed by atoms with Gasteiger partial charge in [-0.05, 0) is 23.9 Å². The highest BCUT2D eigenvalue weighted by molar-refractivity contribution is 7.09. The van der Waals surface area contributed by atoms with Crippen molar-refractivity contribution in [3.05, 3.63) is 57.8 Å². The third-order valence-electron chi connectivity index (χ3n) is 3.05. The van der Waals surface area contributed by atoms with Gasteiger partial charge in [0.2, 0.25) is 5.91 Å². The number of rotatable bonds is 4. The fourth-order valence-corrected chi connectivity index (χ4v) is 2.63. The van der Waals surface area contributed by atoms with Gasteiger partial charge in [-0.25, -0.2) is 0 Å². The quantitative estimate of drug-likeness (QED) is 0.943. The van der Waals surface area contributed by atoms with E-state index in [9.17, 15) is 4.79 Å². The van der Waals surface area contributed by atoms with Crippen molar-refractivity contribution in [2.75, 3.05) is 7.05 Å². The van der Waals surface area contributed by atoms with Crippen LogP contribution in [-0.2, 0) is 11.3 Å². The molecule has 0 radical (unpaired) electrons. The van der Waals surface area contributed by atoms with Crippen LogP contribution in [0, 0.1) is 6.92 Å². The number of nitrogens with two attached hydrogens (primary N) is 1. The van der Waals surface area contributed by atoms with Crippen molar-refractivity contribution in [2.45, 2.75) is 19.5 Å². The van der Waals surface area contributed by atoms with Crippen molar-refractivity contribution < 1.29 is 4.79 Å². The second kappa shape index (κ2) is 7.43. The largest absolute Gasteiger partial charge is 0.339 e. The van der Waals surface area contributed by atoms with Crippen molar-refractivity contribution in [2.24, 2.45) is 5.73 Å². The molecule has 0 aliphatic carbocycles. The van der Waals surface area contributed by atoms with Crippen molar-refractivity contribution in [1.82, 2.24) is 4.90 Å². The lowest BCUT2D eigenvalue weighted by Gasteiger charge is -2.21. The van der Waals surface area contributed by atoms with Gasteiger partial charge in [0.25, 0.3) is 0 Å². The molecule has 2 aromatic rings. The highest BCUT2D eigenvalue weighted by atomic mass is 35.5. The van der Waals surface area contributed by atoms with Gasteiger partial charge in [0.15, 0.2) is 0 Å². The molecule has 2 rings (SSSR count). The lowest BCUT2D eigenvalue weighted by atomic mass is 10.0. The van der Waals surface area contributed by atoms with E-state index in [-0.39, 0.29) is 18.3 Å². The topological polar surface area (TPSA) is 46.3 Å². The molecule has 0 saturated heterocycles. The minimum Gasteiger partial charge on any atom is -0.339 e. The van der Waals surface area contributed by atoms with E-state index < -0.39 is 6.04 Å². The number of benzene rings is 1. The number of halogens is 1. The monoisotopic (exact) mass is 310 g/mol. The molecule has 0 fully saturated rings. The number of nitrogens with zero attached hydrogens (tertiary/aromatic N) is 1. The van der Waals surface area contributed by atoms with E-state index in [0.29, 0.717) is 6.54 Å². The molecule has 0 saturated carbocycles. The van der Waals surface area contributed by atoms with Crippen molar-refractivity contribution in [3.8, 4) is 0 Å². The number of amides is 1. The lowest BCUT2D eigenvalue weighted by molar-refractivity contribution is -0.131. The Labute approximate surface area is 129 Å². The van der Waals surface area contributed by atoms with Crippen LogP contribution >= 0.6 is 23.7 Å². The molecule has 0 spiro atoms. The predicted octanol–water partition coefficient (Wildman–Crippen LogP) is 3.14. The van der Waals surface area contributed by atoms with E-state index in [0.717, 1.165) is 16.0 Å². The number of hydrogen-bond donors (Lipinski definition) is 1. The van der Waals surface area contributed by atoms with E-state index >= 15 is 0 Å². The molecule has 1 heterocycles. The average Bonchev–Trinajstić information content (AvgIpc) is 2.90. The molecule has 1 aromatic carbocycles. The second-order valence-corrected chi connectivity index (χ2v) is 5.69. The number of carbonyl (C=O) groups is 1. The van der Waals surface area contributed by atoms with Crippen LogP contribution in [0.25, 0.3) is 0 Å². The number of likely N-dealkylation sites (N-methyl/N-ethyl adjacent to an activating group) is 1. The van der Waals surface area contributed by atoms with Gasteiger partial charge in [-0.3, -0.25) is 4.79 Å². The Balaban J connectivity index is 0.00000200. The lowest BCUT2D eigenvalue weighted by Crippen LogP contribution is -2.35. The summed E-state index contributed by atoms with van der Waals surface area (Å²) in [5, 5.41) is 2.01. The molecular formula is C15H19ClN2OS. The zero-order valence-electron chi connectivity index (χ0n) is 11.6. The first-order chi connectivity index (χ1) is 9.08. The van der Waals surface area contributed by atoms with Gasteiger partial charge in [-0.1, -0.05) is 35.9 Å². The van der Waals surface area contributed by atoms with Crippen LogP contribution in [-0.4, -0.2) is 17.9 Å². The molecule has 108 valence electrons. The van der Waals surface area contributed by atoms with Gasteiger partial charge in [0.05, 0.1) is 6.54 Å². The Morgan fingerprint density at radius 1 is 1.30 bits per heavy atom. The molecule has 3 nitrogen and oxygen atoms in total. The van der Waals surface area contributed by atoms with Crippen molar-refractivity contribution >= 4 is 29.7 Å². The summed E-state index contributed by atoms with van der Waals surface area (Å²) in [6.45, 7) is 2.62. The summed E-state index contributed by atoms with van der Waals surface area (Å²) in [7, 11) is 1.79. The van der Waals surface area contributed by atoms with Gasteiger partial charge >= 0.3 is 0 Å². The molecule has 0 aliphatic rings. The van der Waals surface area contributed by atoms with E-state index in [1.807, 2.05) is 48.7 Å². The minimum absolute atomic E-state index is 0. The van der Waals surface area contributed by atoms with Crippen molar-refractivity contribution in [1.29, 1.82) is 0 Å². The van der Waals surface area contributed by atoms with E-state index in [4.69, 9.17) is 5.73 Å². The van der Waals surface area contributed by atoms with Crippen LogP contribution in [0.3, 0.4) is 0 Å². The SMILES string of the molecule is Cc1ccc(C(N)C(=O)N(C)Cc2cccs2)cc1.Cl. The van der Waals surface area contributed by atoms with Crippen LogP contribution < -0.4 is 5.73 Å². The van der Waals surface area contributed by atoms with Crippen LogP contribution in [0.4, 0.5) is 0 Å². The maximum atomic E-state index is 12.3. The second-order valence-electron chi connectivity index (χ2n) is 4.66. The highest BCUT2D eigenvalue weighted by Gasteiger charge is 2.19. The molecule has 0 aliphatic heterocycles. The molecule has 1 amide bonds. The summed E-state index contributed by atoms with van der Waals surface area (Å²) >= 11 is 1.64. The number of aryl methyl sites for hydroxylation is 1. The Hall–Kier alpha value is -1.36. The first-order valence-corrected chi connectivity index (χ1v) is 7.05. The van der Waals surface area contributed by atoms with Gasteiger partial charge in [-0.15, -0.1) is 23.7 Å². The average molecular weight is 311 g/mol. The fourth-order valence-electron chi connectivity index (χ4n) is 1.87. The normalized spacial score (nSPS) is 11.6. The first-order valence-electron chi connectivity index (χ1n) is 6.17. The van der Waals surface area contributed by atoms with Gasteiger partial charge in [0.1, 0.15) is 6.04 Å². The zero-order chi connectivity index (χ0) is 13.8. The molecule has 0 bridgehead atoms. The standard InChI is InChI=1S/C15H18N2OS.ClH/c1-11-5-7-12(8-6-11)14(16)15(18)17(2)10-13-4-3-9-19-13;/h3-9,14H,10,16H2,1-2H3;1H. The third kappa shape index (κ3) is 4.07. The van der Waals surface area contributed by atoms with Crippen LogP contribution in [0.2, 0.25) is 0 Å². The summed E-state index contributed by atoms with van der Waals surface area (Å²) in [6.07, 6.45) is 0. The molecule has 1 atom stereocenters. The van der Waals surface area contributed by atoms with Crippen LogP contribution in [0.15, 0.2) is 41.8 Å². The minimum atomic E-state index is -0.592. The van der Waals surface area contributed by atoms with Gasteiger partial charge < -0.3 is 10.6 Å². The number of hydrogen-bond acceptors (Lipinski definition) is 3. The van der Waals surface area contributed by atoms with E-state index in [2.05, 4.69) is 0 Å². The van der Waals surface area contributed by atoms with E-state index in [1.54, 1.807) is 23.3 Å². The molecule has 5 heteroatoms. The summed E-state index contributed by atoms with van der Waals surface area (Å²) in [4.78, 5) is 15.1. The van der Waals surface area contributed by atoms with Crippen LogP contribution in [0.1, 0.15) is 22.0 Å². The smallest absolute Gasteiger partial charge is 0.244 e. The maximum absolute atomic E-state index is 12.3. The Morgan fingerprint density at radius 2 is 1.95 bits per heavy atom. The molecule has 1 unspecified atom stereocenters. The number of carbonyl (C=O) groups excluding carboxylic acids is 1. The van der Waals surface area contributed by atoms with Gasteiger partial charge in [0, 0.05) is 11.9 Å². The molecule has 1 aromatic heterocycles. The molecular weight excluding hydrogens is 292 g/mol. The zero-order valence-corrected chi connectivity index (χ0v) is 13.2. The Bertz CT molecular complexity index is 540. The Kier molecular flexibility index (Phi) is 6.20. The molecule has 2 N–H and O–H groups in total. The first kappa shape index (κ1) is 16.7. The fraction of sp³-hybridized carbons (Fsp3) is 0.267. The summed E-state index contributed by atoms with van der Waals surface area (Å²) in [6, 6.07) is 11.2. The summed E-state index contributed by atoms with van der Waals surface area (Å²) in [5.74, 6) is -0.0581. The molecule has 20 heavy (non-hydrogen) atoms. The predicted molar refractivity (Wildman–Crippen MR) is 86.1 cm³/mol.